The van der Waals surface area contributed by atoms with Crippen LogP contribution in [0, 0.1) is 0 Å². The first-order valence-electron chi connectivity index (χ1n) is 7.60. The minimum absolute atomic E-state index is 0.136. The molecular formula is C16H19F3O4. The molecule has 1 aliphatic carbocycles. The van der Waals surface area contributed by atoms with Gasteiger partial charge in [-0.1, -0.05) is 12.1 Å². The maximum absolute atomic E-state index is 11.8. The fourth-order valence-electron chi connectivity index (χ4n) is 2.53. The van der Waals surface area contributed by atoms with Gasteiger partial charge in [0.05, 0.1) is 12.7 Å². The van der Waals surface area contributed by atoms with Crippen LogP contribution in [-0.2, 0) is 15.9 Å². The van der Waals surface area contributed by atoms with Crippen molar-refractivity contribution in [3.8, 4) is 5.75 Å². The van der Waals surface area contributed by atoms with Crippen LogP contribution in [0.4, 0.5) is 18.0 Å². The number of rotatable bonds is 6. The number of alkyl halides is 3. The molecule has 0 unspecified atom stereocenters. The van der Waals surface area contributed by atoms with Crippen LogP contribution < -0.4 is 4.74 Å². The van der Waals surface area contributed by atoms with Crippen molar-refractivity contribution < 1.29 is 32.2 Å². The molecule has 1 saturated carbocycles. The van der Waals surface area contributed by atoms with Gasteiger partial charge < -0.3 is 14.2 Å². The van der Waals surface area contributed by atoms with E-state index in [9.17, 15) is 18.0 Å². The highest BCUT2D eigenvalue weighted by Gasteiger charge is 2.34. The fourth-order valence-corrected chi connectivity index (χ4v) is 2.53. The molecule has 0 spiro atoms. The van der Waals surface area contributed by atoms with Gasteiger partial charge in [0.1, 0.15) is 5.75 Å². The predicted octanol–water partition coefficient (Wildman–Crippen LogP) is 4.61. The lowest BCUT2D eigenvalue weighted by Gasteiger charge is -2.14. The van der Waals surface area contributed by atoms with Gasteiger partial charge in [0, 0.05) is 0 Å². The number of hydrogen-bond acceptors (Lipinski definition) is 4. The zero-order valence-electron chi connectivity index (χ0n) is 12.6. The highest BCUT2D eigenvalue weighted by molar-refractivity contribution is 5.59. The molecule has 0 heterocycles. The summed E-state index contributed by atoms with van der Waals surface area (Å²) in [5.74, 6) is 0.798. The van der Waals surface area contributed by atoms with Gasteiger partial charge >= 0.3 is 12.5 Å². The van der Waals surface area contributed by atoms with Crippen molar-refractivity contribution in [2.75, 3.05) is 6.61 Å². The van der Waals surface area contributed by atoms with Gasteiger partial charge in [-0.2, -0.15) is 0 Å². The van der Waals surface area contributed by atoms with Crippen LogP contribution in [0.2, 0.25) is 0 Å². The standard InChI is InChI=1S/C16H19F3O4/c17-16(18,19)23-15(20)21-10-4-6-12-5-3-9-14(11-12)22-13-7-1-2-8-13/h3,5,9,11,13H,1-2,4,6-8,10H2. The van der Waals surface area contributed by atoms with Crippen LogP contribution in [0.1, 0.15) is 37.7 Å². The summed E-state index contributed by atoms with van der Waals surface area (Å²) in [6, 6.07) is 7.57. The Morgan fingerprint density at radius 3 is 2.65 bits per heavy atom. The number of benzene rings is 1. The zero-order valence-corrected chi connectivity index (χ0v) is 12.6. The van der Waals surface area contributed by atoms with E-state index in [4.69, 9.17) is 4.74 Å². The van der Waals surface area contributed by atoms with Gasteiger partial charge in [0.25, 0.3) is 0 Å². The third-order valence-corrected chi connectivity index (χ3v) is 3.53. The minimum atomic E-state index is -5.01. The van der Waals surface area contributed by atoms with Crippen molar-refractivity contribution in [2.45, 2.75) is 51.0 Å². The Morgan fingerprint density at radius 1 is 1.22 bits per heavy atom. The van der Waals surface area contributed by atoms with Crippen LogP contribution in [0.25, 0.3) is 0 Å². The molecule has 1 aliphatic rings. The van der Waals surface area contributed by atoms with Crippen molar-refractivity contribution >= 4 is 6.16 Å². The average molecular weight is 332 g/mol. The van der Waals surface area contributed by atoms with Gasteiger partial charge in [0.15, 0.2) is 0 Å². The molecule has 23 heavy (non-hydrogen) atoms. The van der Waals surface area contributed by atoms with Crippen LogP contribution in [0.3, 0.4) is 0 Å². The van der Waals surface area contributed by atoms with Gasteiger partial charge in [-0.15, -0.1) is 13.2 Å². The Balaban J connectivity index is 1.70. The van der Waals surface area contributed by atoms with Crippen LogP contribution >= 0.6 is 0 Å². The molecule has 0 aromatic heterocycles. The number of aryl methyl sites for hydroxylation is 1. The number of carbonyl (C=O) groups excluding carboxylic acids is 1. The summed E-state index contributed by atoms with van der Waals surface area (Å²) in [5, 5.41) is 0. The summed E-state index contributed by atoms with van der Waals surface area (Å²) in [4.78, 5) is 10.7. The fraction of sp³-hybridized carbons (Fsp3) is 0.562. The van der Waals surface area contributed by atoms with Crippen LogP contribution in [0.5, 0.6) is 5.75 Å². The Labute approximate surface area is 132 Å². The first kappa shape index (κ1) is 17.4. The highest BCUT2D eigenvalue weighted by atomic mass is 19.4. The normalized spacial score (nSPS) is 15.4. The maximum atomic E-state index is 11.8. The molecule has 0 atom stereocenters. The second-order valence-corrected chi connectivity index (χ2v) is 5.42. The predicted molar refractivity (Wildman–Crippen MR) is 76.1 cm³/mol. The van der Waals surface area contributed by atoms with Crippen LogP contribution in [0.15, 0.2) is 24.3 Å². The Kier molecular flexibility index (Phi) is 6.12. The van der Waals surface area contributed by atoms with Crippen LogP contribution in [-0.4, -0.2) is 25.2 Å². The summed E-state index contributed by atoms with van der Waals surface area (Å²) >= 11 is 0. The lowest BCUT2D eigenvalue weighted by atomic mass is 10.1. The Hall–Kier alpha value is -1.92. The van der Waals surface area contributed by atoms with Crippen molar-refractivity contribution in [2.24, 2.45) is 0 Å². The lowest BCUT2D eigenvalue weighted by Crippen LogP contribution is -2.20. The molecule has 2 rings (SSSR count). The second kappa shape index (κ2) is 8.08. The summed E-state index contributed by atoms with van der Waals surface area (Å²) in [6.45, 7) is -0.136. The summed E-state index contributed by atoms with van der Waals surface area (Å²) in [7, 11) is 0. The SMILES string of the molecule is O=C(OCCCc1cccc(OC2CCCC2)c1)OC(F)(F)F. The van der Waals surface area contributed by atoms with E-state index in [1.54, 1.807) is 0 Å². The molecule has 0 saturated heterocycles. The van der Waals surface area contributed by atoms with E-state index in [2.05, 4.69) is 9.47 Å². The number of halogens is 3. The van der Waals surface area contributed by atoms with Crippen molar-refractivity contribution in [1.82, 2.24) is 0 Å². The summed E-state index contributed by atoms with van der Waals surface area (Å²) in [5.41, 5.74) is 0.980. The molecule has 0 aliphatic heterocycles. The molecule has 0 amide bonds. The minimum Gasteiger partial charge on any atom is -0.490 e. The first-order valence-corrected chi connectivity index (χ1v) is 7.60. The quantitative estimate of drug-likeness (QED) is 0.563. The third-order valence-electron chi connectivity index (χ3n) is 3.53. The molecule has 7 heteroatoms. The lowest BCUT2D eigenvalue weighted by molar-refractivity contribution is -0.299. The highest BCUT2D eigenvalue weighted by Crippen LogP contribution is 2.25. The Morgan fingerprint density at radius 2 is 1.96 bits per heavy atom. The number of hydrogen-bond donors (Lipinski definition) is 0. The van der Waals surface area contributed by atoms with Crippen molar-refractivity contribution in [3.05, 3.63) is 29.8 Å². The first-order chi connectivity index (χ1) is 10.9. The smallest absolute Gasteiger partial charge is 0.490 e. The van der Waals surface area contributed by atoms with Gasteiger partial charge in [-0.3, -0.25) is 0 Å². The van der Waals surface area contributed by atoms with Gasteiger partial charge in [-0.25, -0.2) is 4.79 Å². The molecule has 1 aromatic rings. The molecule has 4 nitrogen and oxygen atoms in total. The van der Waals surface area contributed by atoms with E-state index in [-0.39, 0.29) is 12.7 Å². The van der Waals surface area contributed by atoms with Gasteiger partial charge in [0.2, 0.25) is 0 Å². The van der Waals surface area contributed by atoms with E-state index < -0.39 is 12.5 Å². The third kappa shape index (κ3) is 6.80. The molecule has 1 fully saturated rings. The van der Waals surface area contributed by atoms with E-state index in [0.29, 0.717) is 12.8 Å². The molecular weight excluding hydrogens is 313 g/mol. The molecule has 0 N–H and O–H groups in total. The largest absolute Gasteiger partial charge is 0.577 e. The Bertz CT molecular complexity index is 510. The monoisotopic (exact) mass is 332 g/mol. The van der Waals surface area contributed by atoms with E-state index >= 15 is 0 Å². The number of ether oxygens (including phenoxy) is 3. The van der Waals surface area contributed by atoms with E-state index in [1.807, 2.05) is 24.3 Å². The summed E-state index contributed by atoms with van der Waals surface area (Å²) in [6.07, 6.45) is -0.977. The van der Waals surface area contributed by atoms with Gasteiger partial charge in [-0.05, 0) is 56.2 Å². The van der Waals surface area contributed by atoms with Crippen molar-refractivity contribution in [1.29, 1.82) is 0 Å². The molecule has 1 aromatic carbocycles. The number of carbonyl (C=O) groups is 1. The van der Waals surface area contributed by atoms with Crippen molar-refractivity contribution in [3.63, 3.8) is 0 Å². The average Bonchev–Trinajstić information content (AvgIpc) is 2.95. The zero-order chi connectivity index (χ0) is 16.7. The second-order valence-electron chi connectivity index (χ2n) is 5.42. The van der Waals surface area contributed by atoms with E-state index in [1.165, 1.54) is 12.8 Å². The van der Waals surface area contributed by atoms with E-state index in [0.717, 1.165) is 24.2 Å². The molecule has 0 bridgehead atoms. The topological polar surface area (TPSA) is 44.8 Å². The summed E-state index contributed by atoms with van der Waals surface area (Å²) < 4.78 is 48.6. The molecule has 0 radical (unpaired) electrons. The molecule has 128 valence electrons. The maximum Gasteiger partial charge on any atom is 0.577 e.